The van der Waals surface area contributed by atoms with E-state index in [0.29, 0.717) is 9.36 Å². The van der Waals surface area contributed by atoms with Crippen LogP contribution in [0, 0.1) is 21.4 Å². The third-order valence-electron chi connectivity index (χ3n) is 3.64. The maximum Gasteiger partial charge on any atom is 0.275 e. The minimum absolute atomic E-state index is 0.0602. The van der Waals surface area contributed by atoms with Gasteiger partial charge in [0.25, 0.3) is 11.2 Å². The van der Waals surface area contributed by atoms with Gasteiger partial charge in [0.2, 0.25) is 5.78 Å². The number of nitro benzene ring substituents is 1. The zero-order valence-electron chi connectivity index (χ0n) is 13.8. The molecule has 0 saturated carbocycles. The molecule has 3 rings (SSSR count). The second kappa shape index (κ2) is 6.42. The van der Waals surface area contributed by atoms with E-state index in [1.54, 1.807) is 25.2 Å². The van der Waals surface area contributed by atoms with Gasteiger partial charge in [0, 0.05) is 38.0 Å². The van der Waals surface area contributed by atoms with E-state index in [1.807, 2.05) is 6.07 Å². The molecule has 2 heterocycles. The van der Waals surface area contributed by atoms with E-state index < -0.39 is 10.7 Å². The third-order valence-corrected chi connectivity index (χ3v) is 4.74. The molecule has 9 heteroatoms. The SMILES string of the molecule is CN(C)C=c1sc2c(C#N)cc(C(=O)c3ccc([N+](=O)[O-])cc3)n2c1=O. The van der Waals surface area contributed by atoms with Gasteiger partial charge in [-0.3, -0.25) is 24.1 Å². The molecule has 1 aromatic carbocycles. The largest absolute Gasteiger partial charge is 0.382 e. The molecule has 2 aromatic heterocycles. The quantitative estimate of drug-likeness (QED) is 0.391. The Bertz CT molecular complexity index is 1180. The number of hydrogen-bond donors (Lipinski definition) is 0. The summed E-state index contributed by atoms with van der Waals surface area (Å²) in [6.45, 7) is 0. The molecule has 0 radical (unpaired) electrons. The first-order chi connectivity index (χ1) is 12.3. The summed E-state index contributed by atoms with van der Waals surface area (Å²) in [7, 11) is 3.53. The summed E-state index contributed by atoms with van der Waals surface area (Å²) in [5.74, 6) is -0.484. The Morgan fingerprint density at radius 1 is 1.35 bits per heavy atom. The molecular formula is C17H12N4O4S. The van der Waals surface area contributed by atoms with Crippen molar-refractivity contribution >= 4 is 33.8 Å². The first kappa shape index (κ1) is 17.3. The molecule has 0 fully saturated rings. The van der Waals surface area contributed by atoms with E-state index in [2.05, 4.69) is 0 Å². The zero-order valence-corrected chi connectivity index (χ0v) is 14.6. The van der Waals surface area contributed by atoms with Crippen LogP contribution in [-0.4, -0.2) is 34.1 Å². The Kier molecular flexibility index (Phi) is 4.28. The van der Waals surface area contributed by atoms with Gasteiger partial charge in [0.05, 0.1) is 16.2 Å². The molecule has 0 unspecified atom stereocenters. The number of nitriles is 1. The second-order valence-electron chi connectivity index (χ2n) is 5.69. The number of aromatic nitrogens is 1. The van der Waals surface area contributed by atoms with Gasteiger partial charge in [0.1, 0.15) is 15.4 Å². The number of carbonyl (C=O) groups is 1. The number of nitrogens with zero attached hydrogens (tertiary/aromatic N) is 4. The Hall–Kier alpha value is -3.51. The predicted octanol–water partition coefficient (Wildman–Crippen LogP) is 1.39. The van der Waals surface area contributed by atoms with Crippen molar-refractivity contribution in [1.29, 1.82) is 5.26 Å². The molecular weight excluding hydrogens is 356 g/mol. The second-order valence-corrected chi connectivity index (χ2v) is 6.72. The van der Waals surface area contributed by atoms with Crippen LogP contribution in [0.1, 0.15) is 21.6 Å². The first-order valence-corrected chi connectivity index (χ1v) is 8.21. The van der Waals surface area contributed by atoms with Crippen molar-refractivity contribution in [2.45, 2.75) is 0 Å². The van der Waals surface area contributed by atoms with E-state index in [1.165, 1.54) is 34.7 Å². The van der Waals surface area contributed by atoms with Crippen molar-refractivity contribution in [3.8, 4) is 6.07 Å². The Morgan fingerprint density at radius 3 is 2.54 bits per heavy atom. The number of hydrogen-bond acceptors (Lipinski definition) is 7. The summed E-state index contributed by atoms with van der Waals surface area (Å²) in [6, 6.07) is 8.47. The van der Waals surface area contributed by atoms with Crippen LogP contribution >= 0.6 is 11.3 Å². The smallest absolute Gasteiger partial charge is 0.275 e. The van der Waals surface area contributed by atoms with Crippen molar-refractivity contribution in [3.63, 3.8) is 0 Å². The number of rotatable bonds is 4. The number of non-ortho nitro benzene ring substituents is 1. The molecule has 0 spiro atoms. The lowest BCUT2D eigenvalue weighted by Crippen LogP contribution is -2.27. The van der Waals surface area contributed by atoms with Crippen molar-refractivity contribution in [2.75, 3.05) is 14.1 Å². The van der Waals surface area contributed by atoms with Gasteiger partial charge in [-0.1, -0.05) is 0 Å². The Balaban J connectivity index is 2.20. The molecule has 0 saturated heterocycles. The van der Waals surface area contributed by atoms with Gasteiger partial charge in [-0.05, 0) is 18.2 Å². The van der Waals surface area contributed by atoms with Crippen molar-refractivity contribution < 1.29 is 9.72 Å². The van der Waals surface area contributed by atoms with Gasteiger partial charge in [-0.15, -0.1) is 11.3 Å². The lowest BCUT2D eigenvalue weighted by atomic mass is 10.1. The van der Waals surface area contributed by atoms with E-state index in [9.17, 15) is 25.0 Å². The van der Waals surface area contributed by atoms with Crippen molar-refractivity contribution in [3.05, 3.63) is 72.2 Å². The van der Waals surface area contributed by atoms with E-state index in [0.717, 1.165) is 11.3 Å². The lowest BCUT2D eigenvalue weighted by molar-refractivity contribution is -0.384. The molecule has 0 atom stereocenters. The minimum Gasteiger partial charge on any atom is -0.382 e. The fourth-order valence-corrected chi connectivity index (χ4v) is 3.64. The molecule has 0 bridgehead atoms. The number of benzene rings is 1. The number of nitro groups is 1. The van der Waals surface area contributed by atoms with Crippen LogP contribution in [0.2, 0.25) is 0 Å². The fraction of sp³-hybridized carbons (Fsp3) is 0.118. The Morgan fingerprint density at radius 2 is 2.00 bits per heavy atom. The molecule has 130 valence electrons. The maximum atomic E-state index is 12.8. The normalized spacial score (nSPS) is 11.5. The van der Waals surface area contributed by atoms with Gasteiger partial charge >= 0.3 is 0 Å². The number of fused-ring (bicyclic) bond motifs is 1. The number of carbonyl (C=O) groups excluding carboxylic acids is 1. The fourth-order valence-electron chi connectivity index (χ4n) is 2.50. The summed E-state index contributed by atoms with van der Waals surface area (Å²) in [5, 5.41) is 20.1. The molecule has 0 aliphatic carbocycles. The average Bonchev–Trinajstić information content (AvgIpc) is 3.12. The number of thiazole rings is 1. The van der Waals surface area contributed by atoms with Crippen LogP contribution in [0.4, 0.5) is 5.69 Å². The summed E-state index contributed by atoms with van der Waals surface area (Å²) >= 11 is 1.13. The average molecular weight is 368 g/mol. The molecule has 0 N–H and O–H groups in total. The summed E-state index contributed by atoms with van der Waals surface area (Å²) < 4.78 is 1.63. The predicted molar refractivity (Wildman–Crippen MR) is 96.2 cm³/mol. The van der Waals surface area contributed by atoms with Gasteiger partial charge in [0.15, 0.2) is 0 Å². The Labute approximate surface area is 151 Å². The molecule has 8 nitrogen and oxygen atoms in total. The highest BCUT2D eigenvalue weighted by molar-refractivity contribution is 7.15. The molecule has 0 aliphatic heterocycles. The summed E-state index contributed by atoms with van der Waals surface area (Å²) in [4.78, 5) is 37.7. The zero-order chi connectivity index (χ0) is 19.0. The van der Waals surface area contributed by atoms with Crippen LogP contribution in [0.5, 0.6) is 0 Å². The summed E-state index contributed by atoms with van der Waals surface area (Å²) in [5.41, 5.74) is -0.0306. The van der Waals surface area contributed by atoms with Crippen molar-refractivity contribution in [2.24, 2.45) is 0 Å². The van der Waals surface area contributed by atoms with E-state index in [-0.39, 0.29) is 28.1 Å². The maximum absolute atomic E-state index is 12.8. The minimum atomic E-state index is -0.560. The van der Waals surface area contributed by atoms with Crippen LogP contribution < -0.4 is 10.1 Å². The standard InChI is InChI=1S/C17H12N4O4S/c1-19(2)9-14-16(23)20-13(7-11(8-18)17(20)26-14)15(22)10-3-5-12(6-4-10)21(24)25/h3-7,9H,1-2H3. The van der Waals surface area contributed by atoms with Gasteiger partial charge in [-0.25, -0.2) is 0 Å². The van der Waals surface area contributed by atoms with E-state index in [4.69, 9.17) is 0 Å². The van der Waals surface area contributed by atoms with Gasteiger partial charge in [-0.2, -0.15) is 5.26 Å². The molecule has 0 aliphatic rings. The number of ketones is 1. The monoisotopic (exact) mass is 368 g/mol. The molecule has 0 amide bonds. The highest BCUT2D eigenvalue weighted by atomic mass is 32.1. The lowest BCUT2D eigenvalue weighted by Gasteiger charge is -2.01. The van der Waals surface area contributed by atoms with Crippen LogP contribution in [0.25, 0.3) is 11.0 Å². The van der Waals surface area contributed by atoms with Crippen LogP contribution in [0.15, 0.2) is 35.1 Å². The van der Waals surface area contributed by atoms with E-state index >= 15 is 0 Å². The molecule has 26 heavy (non-hydrogen) atoms. The van der Waals surface area contributed by atoms with Gasteiger partial charge < -0.3 is 4.90 Å². The molecule has 3 aromatic rings. The topological polar surface area (TPSA) is 109 Å². The van der Waals surface area contributed by atoms with Crippen LogP contribution in [0.3, 0.4) is 0 Å². The van der Waals surface area contributed by atoms with Crippen molar-refractivity contribution in [1.82, 2.24) is 9.30 Å². The highest BCUT2D eigenvalue weighted by Gasteiger charge is 2.21. The third kappa shape index (κ3) is 2.82. The van der Waals surface area contributed by atoms with Crippen LogP contribution in [-0.2, 0) is 0 Å². The highest BCUT2D eigenvalue weighted by Crippen LogP contribution is 2.21. The summed E-state index contributed by atoms with van der Waals surface area (Å²) in [6.07, 6.45) is 1.63. The first-order valence-electron chi connectivity index (χ1n) is 7.39.